The Labute approximate surface area is 672 Å². The van der Waals surface area contributed by atoms with Gasteiger partial charge in [-0.1, -0.05) is 375 Å². The van der Waals surface area contributed by atoms with Crippen LogP contribution in [0.3, 0.4) is 0 Å². The highest BCUT2D eigenvalue weighted by molar-refractivity contribution is 6.26. The third-order valence-electron chi connectivity index (χ3n) is 20.9. The molecule has 115 heavy (non-hydrogen) atoms. The maximum atomic E-state index is 5.90. The van der Waals surface area contributed by atoms with Crippen LogP contribution in [0, 0.1) is 13.8 Å². The standard InChI is InChI=1S/C31H28N2.C26H20N2.C24H17N3.C24H22N2O/c1-31(2,3)27-20-18-26(19-21-27)30-28(24-12-8-5-9-13-24)29(32-33-30)25-16-14-23(15-17-25)22-10-6-4-7-11-22;1-17-15-23(19-9-5-3-6-10-19)21-13-14-22-24(20-11-7-4-8-12-20)16-18(2)28-26(22)25(21)27-17;1-3-11-19(12-4-1)23-25-26-24(20-13-5-2-6-14-20)27(23)22-17-9-15-18-10-7-8-16-21(18)22;1-24(2,3)21-15-13-20(14-16-21)23-26-25-22(27-23)19-11-9-18(10-12-19)17-7-5-4-6-8-17/h4-21,28H,1-3H3;3-16H,1-2H3;1-17H;4-16H,1-3H3. The predicted octanol–water partition coefficient (Wildman–Crippen LogP) is 26.5. The molecular formula is C105H87N9O. The highest BCUT2D eigenvalue weighted by Gasteiger charge is 2.32. The first kappa shape index (κ1) is 74.9. The lowest BCUT2D eigenvalue weighted by atomic mass is 9.82. The van der Waals surface area contributed by atoms with E-state index in [2.05, 4.69) is 359 Å². The quantitative estimate of drug-likeness (QED) is 0.112. The smallest absolute Gasteiger partial charge is 0.248 e. The molecule has 0 saturated heterocycles. The van der Waals surface area contributed by atoms with Crippen molar-refractivity contribution in [2.45, 2.75) is 72.1 Å². The number of rotatable bonds is 12. The van der Waals surface area contributed by atoms with Gasteiger partial charge >= 0.3 is 0 Å². The number of pyridine rings is 2. The summed E-state index contributed by atoms with van der Waals surface area (Å²) < 4.78 is 8.06. The summed E-state index contributed by atoms with van der Waals surface area (Å²) in [5, 5.41) is 31.6. The zero-order chi connectivity index (χ0) is 78.8. The van der Waals surface area contributed by atoms with Gasteiger partial charge in [0, 0.05) is 49.8 Å². The summed E-state index contributed by atoms with van der Waals surface area (Å²) in [5.74, 6) is 2.76. The molecule has 0 bridgehead atoms. The molecule has 1 aliphatic rings. The van der Waals surface area contributed by atoms with Crippen LogP contribution >= 0.6 is 0 Å². The Morgan fingerprint density at radius 1 is 0.278 bits per heavy atom. The molecule has 0 radical (unpaired) electrons. The number of hydrogen-bond acceptors (Lipinski definition) is 9. The van der Waals surface area contributed by atoms with Gasteiger partial charge < -0.3 is 4.42 Å². The minimum absolute atomic E-state index is 0.00858. The monoisotopic (exact) mass is 1490 g/mol. The molecular weight excluding hydrogens is 1400 g/mol. The van der Waals surface area contributed by atoms with Gasteiger partial charge in [-0.3, -0.25) is 14.5 Å². The molecule has 5 heterocycles. The molecule has 0 N–H and O–H groups in total. The SMILES string of the molecule is CC(C)(C)c1ccc(-c2nnc(-c3ccc(-c4ccccc4)cc3)o2)cc1.CC(C)(C)c1ccc(C2=NN=C(c3ccc(-c4ccccc4)cc3)C2c2ccccc2)cc1.Cc1cc(-c2ccccc2)c2ccc3c(-c4ccccc4)cc(C)nc3c2n1.c1ccc(-c2nnc(-c3ccccc3)n2-c2cccc3ccccc23)cc1. The Morgan fingerprint density at radius 3 is 1.01 bits per heavy atom. The van der Waals surface area contributed by atoms with Crippen LogP contribution in [0.4, 0.5) is 0 Å². The predicted molar refractivity (Wildman–Crippen MR) is 476 cm³/mol. The van der Waals surface area contributed by atoms with Crippen LogP contribution in [0.5, 0.6) is 0 Å². The second-order valence-corrected chi connectivity index (χ2v) is 30.9. The Hall–Kier alpha value is -14.2. The summed E-state index contributed by atoms with van der Waals surface area (Å²) in [6, 6.07) is 130. The van der Waals surface area contributed by atoms with Crippen LogP contribution < -0.4 is 0 Å². The summed E-state index contributed by atoms with van der Waals surface area (Å²) in [4.78, 5) is 9.81. The summed E-state index contributed by atoms with van der Waals surface area (Å²) in [7, 11) is 0. The van der Waals surface area contributed by atoms with Crippen molar-refractivity contribution in [1.29, 1.82) is 0 Å². The molecule has 0 fully saturated rings. The van der Waals surface area contributed by atoms with E-state index in [1.807, 2.05) is 97.1 Å². The molecule has 0 amide bonds. The Balaban J connectivity index is 0.000000116. The van der Waals surface area contributed by atoms with Crippen LogP contribution in [0.1, 0.15) is 86.7 Å². The Bertz CT molecular complexity index is 6250. The van der Waals surface area contributed by atoms with E-state index in [1.54, 1.807) is 0 Å². The van der Waals surface area contributed by atoms with Crippen LogP contribution in [-0.4, -0.2) is 46.4 Å². The number of aromatic nitrogens is 7. The normalized spacial score (nSPS) is 12.5. The van der Waals surface area contributed by atoms with E-state index in [0.29, 0.717) is 11.8 Å². The van der Waals surface area contributed by atoms with E-state index < -0.39 is 0 Å². The van der Waals surface area contributed by atoms with Crippen molar-refractivity contribution < 1.29 is 4.42 Å². The lowest BCUT2D eigenvalue weighted by Gasteiger charge is -2.20. The average molecular weight is 1490 g/mol. The molecule has 1 atom stereocenters. The molecule has 558 valence electrons. The number of aryl methyl sites for hydroxylation is 2. The van der Waals surface area contributed by atoms with Crippen molar-refractivity contribution in [1.82, 2.24) is 34.9 Å². The zero-order valence-corrected chi connectivity index (χ0v) is 65.8. The van der Waals surface area contributed by atoms with Gasteiger partial charge in [-0.25, -0.2) is 0 Å². The number of fused-ring (bicyclic) bond motifs is 4. The van der Waals surface area contributed by atoms with Gasteiger partial charge in [-0.15, -0.1) is 20.4 Å². The second kappa shape index (κ2) is 33.4. The highest BCUT2D eigenvalue weighted by Crippen LogP contribution is 2.40. The summed E-state index contributed by atoms with van der Waals surface area (Å²) in [6.07, 6.45) is 0. The van der Waals surface area contributed by atoms with E-state index in [9.17, 15) is 0 Å². The van der Waals surface area contributed by atoms with E-state index in [0.717, 1.165) is 101 Å². The van der Waals surface area contributed by atoms with Gasteiger partial charge in [0.05, 0.1) is 34.1 Å². The van der Waals surface area contributed by atoms with Crippen molar-refractivity contribution in [3.8, 4) is 95.9 Å². The van der Waals surface area contributed by atoms with Crippen molar-refractivity contribution in [2.24, 2.45) is 10.2 Å². The molecule has 0 aliphatic carbocycles. The molecule has 4 aromatic heterocycles. The van der Waals surface area contributed by atoms with Gasteiger partial charge in [0.2, 0.25) is 11.8 Å². The summed E-state index contributed by atoms with van der Waals surface area (Å²) >= 11 is 0. The van der Waals surface area contributed by atoms with Crippen molar-refractivity contribution in [2.75, 3.05) is 0 Å². The molecule has 19 rings (SSSR count). The molecule has 14 aromatic carbocycles. The first-order valence-corrected chi connectivity index (χ1v) is 39.1. The first-order chi connectivity index (χ1) is 56.1. The van der Waals surface area contributed by atoms with Crippen LogP contribution in [0.2, 0.25) is 0 Å². The number of nitrogens with zero attached hydrogens (tertiary/aromatic N) is 9. The fourth-order valence-electron chi connectivity index (χ4n) is 14.8. The Kier molecular flexibility index (Phi) is 21.7. The largest absolute Gasteiger partial charge is 0.416 e. The molecule has 18 aromatic rings. The van der Waals surface area contributed by atoms with Gasteiger partial charge in [0.1, 0.15) is 0 Å². The number of hydrogen-bond donors (Lipinski definition) is 0. The minimum atomic E-state index is 0.00858. The summed E-state index contributed by atoms with van der Waals surface area (Å²) in [5.41, 5.74) is 26.8. The van der Waals surface area contributed by atoms with Crippen molar-refractivity contribution in [3.63, 3.8) is 0 Å². The molecule has 0 saturated carbocycles. The zero-order valence-electron chi connectivity index (χ0n) is 65.8. The molecule has 0 spiro atoms. The fourth-order valence-corrected chi connectivity index (χ4v) is 14.8. The Morgan fingerprint density at radius 2 is 0.600 bits per heavy atom. The van der Waals surface area contributed by atoms with Gasteiger partial charge in [0.15, 0.2) is 11.6 Å². The molecule has 10 heteroatoms. The van der Waals surface area contributed by atoms with E-state index in [-0.39, 0.29) is 16.7 Å². The maximum Gasteiger partial charge on any atom is 0.248 e. The van der Waals surface area contributed by atoms with Gasteiger partial charge in [-0.2, -0.15) is 10.2 Å². The number of benzene rings is 14. The van der Waals surface area contributed by atoms with E-state index >= 15 is 0 Å². The summed E-state index contributed by atoms with van der Waals surface area (Å²) in [6.45, 7) is 17.4. The second-order valence-electron chi connectivity index (χ2n) is 30.9. The fraction of sp³-hybridized carbons (Fsp3) is 0.105. The average Bonchev–Trinajstić information content (AvgIpc) is 1.66. The van der Waals surface area contributed by atoms with Gasteiger partial charge in [0.25, 0.3) is 0 Å². The van der Waals surface area contributed by atoms with Crippen LogP contribution in [0.25, 0.3) is 128 Å². The molecule has 1 unspecified atom stereocenters. The van der Waals surface area contributed by atoms with Crippen LogP contribution in [-0.2, 0) is 10.8 Å². The topological polar surface area (TPSA) is 120 Å². The lowest BCUT2D eigenvalue weighted by molar-refractivity contribution is 0.582. The lowest BCUT2D eigenvalue weighted by Crippen LogP contribution is -2.20. The van der Waals surface area contributed by atoms with Crippen LogP contribution in [0.15, 0.2) is 391 Å². The highest BCUT2D eigenvalue weighted by atomic mass is 16.4. The maximum absolute atomic E-state index is 5.90. The molecule has 1 aliphatic heterocycles. The third kappa shape index (κ3) is 16.7. The molecule has 10 nitrogen and oxygen atoms in total. The first-order valence-electron chi connectivity index (χ1n) is 39.1. The third-order valence-corrected chi connectivity index (χ3v) is 20.9. The van der Waals surface area contributed by atoms with E-state index in [4.69, 9.17) is 24.6 Å². The van der Waals surface area contributed by atoms with Gasteiger partial charge in [-0.05, 0) is 145 Å². The minimum Gasteiger partial charge on any atom is -0.416 e. The van der Waals surface area contributed by atoms with E-state index in [1.165, 1.54) is 66.4 Å². The van der Waals surface area contributed by atoms with Crippen molar-refractivity contribution >= 4 is 44.0 Å². The van der Waals surface area contributed by atoms with Crippen molar-refractivity contribution in [3.05, 3.63) is 415 Å².